The summed E-state index contributed by atoms with van der Waals surface area (Å²) in [5.41, 5.74) is 2.43. The van der Waals surface area contributed by atoms with Gasteiger partial charge in [0, 0.05) is 66.8 Å². The minimum Gasteiger partial charge on any atom is -0.484 e. The molecule has 2 aliphatic heterocycles. The van der Waals surface area contributed by atoms with E-state index in [4.69, 9.17) is 37.7 Å². The van der Waals surface area contributed by atoms with Crippen LogP contribution in [0.2, 0.25) is 10.0 Å². The smallest absolute Gasteiger partial charge is 0.410 e. The lowest BCUT2D eigenvalue weighted by molar-refractivity contribution is 0.0185. The Morgan fingerprint density at radius 1 is 1.12 bits per heavy atom. The Bertz CT molecular complexity index is 1380. The molecular weight excluding hydrogens is 556 g/mol. The number of rotatable bonds is 7. The lowest BCUT2D eigenvalue weighted by Gasteiger charge is -2.33. The zero-order valence-electron chi connectivity index (χ0n) is 23.2. The normalized spacial score (nSPS) is 17.1. The Labute approximate surface area is 244 Å². The molecule has 2 saturated heterocycles. The molecule has 0 aliphatic carbocycles. The van der Waals surface area contributed by atoms with Crippen molar-refractivity contribution >= 4 is 29.3 Å². The minimum absolute atomic E-state index is 0.0457. The van der Waals surface area contributed by atoms with Crippen molar-refractivity contribution in [1.29, 1.82) is 0 Å². The van der Waals surface area contributed by atoms with Gasteiger partial charge >= 0.3 is 6.09 Å². The van der Waals surface area contributed by atoms with Crippen LogP contribution in [0.15, 0.2) is 36.8 Å². The van der Waals surface area contributed by atoms with Crippen LogP contribution in [-0.4, -0.2) is 62.4 Å². The maximum Gasteiger partial charge on any atom is 0.410 e. The number of piperidine rings is 1. The second-order valence-corrected chi connectivity index (χ2v) is 12.2. The molecule has 2 aromatic heterocycles. The van der Waals surface area contributed by atoms with Crippen LogP contribution in [0.3, 0.4) is 0 Å². The third-order valence-corrected chi connectivity index (χ3v) is 7.77. The third kappa shape index (κ3) is 6.70. The molecule has 0 bridgehead atoms. The second-order valence-electron chi connectivity index (χ2n) is 11.4. The molecule has 0 N–H and O–H groups in total. The van der Waals surface area contributed by atoms with Gasteiger partial charge in [0.25, 0.3) is 0 Å². The fourth-order valence-electron chi connectivity index (χ4n) is 4.78. The van der Waals surface area contributed by atoms with Gasteiger partial charge in [0.1, 0.15) is 23.3 Å². The Morgan fingerprint density at radius 3 is 2.52 bits per heavy atom. The summed E-state index contributed by atoms with van der Waals surface area (Å²) >= 11 is 12.6. The van der Waals surface area contributed by atoms with E-state index < -0.39 is 17.5 Å². The number of ether oxygens (including phenoxy) is 2. The predicted octanol–water partition coefficient (Wildman–Crippen LogP) is 6.92. The average Bonchev–Trinajstić information content (AvgIpc) is 3.58. The van der Waals surface area contributed by atoms with Crippen LogP contribution in [-0.2, 0) is 11.3 Å². The van der Waals surface area contributed by atoms with Gasteiger partial charge in [0.15, 0.2) is 0 Å². The van der Waals surface area contributed by atoms with Gasteiger partial charge in [-0.15, -0.1) is 0 Å². The first kappa shape index (κ1) is 28.6. The van der Waals surface area contributed by atoms with Crippen LogP contribution in [0.1, 0.15) is 63.9 Å². The van der Waals surface area contributed by atoms with Crippen LogP contribution in [0.25, 0.3) is 11.1 Å². The van der Waals surface area contributed by atoms with Gasteiger partial charge in [0.2, 0.25) is 0 Å². The van der Waals surface area contributed by atoms with E-state index in [0.29, 0.717) is 36.0 Å². The lowest BCUT2D eigenvalue weighted by atomic mass is 10.1. The highest BCUT2D eigenvalue weighted by Gasteiger charge is 2.28. The van der Waals surface area contributed by atoms with Crippen molar-refractivity contribution in [3.63, 3.8) is 0 Å². The van der Waals surface area contributed by atoms with Crippen molar-refractivity contribution in [2.75, 3.05) is 26.2 Å². The quantitative estimate of drug-likeness (QED) is 0.220. The van der Waals surface area contributed by atoms with Crippen molar-refractivity contribution in [3.8, 4) is 16.9 Å². The summed E-state index contributed by atoms with van der Waals surface area (Å²) in [5.74, 6) is 0.0452. The molecule has 40 heavy (non-hydrogen) atoms. The summed E-state index contributed by atoms with van der Waals surface area (Å²) in [6, 6.07) is 4.84. The van der Waals surface area contributed by atoms with Crippen molar-refractivity contribution < 1.29 is 18.7 Å². The molecular formula is C29H34Cl2FN5O3. The van der Waals surface area contributed by atoms with E-state index in [1.165, 1.54) is 12.1 Å². The molecule has 2 fully saturated rings. The van der Waals surface area contributed by atoms with Gasteiger partial charge < -0.3 is 14.4 Å². The molecule has 2 aliphatic rings. The lowest BCUT2D eigenvalue weighted by Crippen LogP contribution is -2.42. The van der Waals surface area contributed by atoms with E-state index in [0.717, 1.165) is 42.8 Å². The molecule has 1 unspecified atom stereocenters. The number of nitrogens with zero attached hydrogens (tertiary/aromatic N) is 5. The summed E-state index contributed by atoms with van der Waals surface area (Å²) < 4.78 is 28.0. The molecule has 0 saturated carbocycles. The Kier molecular flexibility index (Phi) is 8.27. The first-order valence-corrected chi connectivity index (χ1v) is 14.3. The van der Waals surface area contributed by atoms with Gasteiger partial charge in [-0.05, 0) is 58.7 Å². The standard InChI is InChI=1S/C29H34Cl2FN5O3/c1-18(26-22(30)5-6-23(32)27(26)31)39-25-13-19(14-33-24(25)17-35-11-12-35)20-15-34-37(16-20)21-7-9-36(10-8-21)28(38)40-29(2,3)4/h5-6,13-16,18,21H,7-12,17H2,1-4H3. The Hall–Kier alpha value is -2.88. The molecule has 1 aromatic carbocycles. The Balaban J connectivity index is 1.32. The molecule has 0 spiro atoms. The number of hydrogen-bond donors (Lipinski definition) is 0. The monoisotopic (exact) mass is 589 g/mol. The number of likely N-dealkylation sites (tertiary alicyclic amines) is 1. The molecule has 1 amide bonds. The van der Waals surface area contributed by atoms with Crippen molar-refractivity contribution in [3.05, 3.63) is 63.9 Å². The molecule has 8 nitrogen and oxygen atoms in total. The van der Waals surface area contributed by atoms with Crippen LogP contribution in [0, 0.1) is 5.82 Å². The van der Waals surface area contributed by atoms with Crippen LogP contribution in [0.5, 0.6) is 5.75 Å². The fourth-order valence-corrected chi connectivity index (χ4v) is 5.46. The van der Waals surface area contributed by atoms with Crippen LogP contribution >= 0.6 is 23.2 Å². The van der Waals surface area contributed by atoms with E-state index in [2.05, 4.69) is 10.00 Å². The average molecular weight is 591 g/mol. The SMILES string of the molecule is CC(Oc1cc(-c2cnn(C3CCN(C(=O)OC(C)(C)C)CC3)c2)cnc1CN1CC1)c1c(Cl)ccc(F)c1Cl. The number of pyridine rings is 1. The molecule has 4 heterocycles. The van der Waals surface area contributed by atoms with E-state index in [9.17, 15) is 9.18 Å². The summed E-state index contributed by atoms with van der Waals surface area (Å²) in [7, 11) is 0. The van der Waals surface area contributed by atoms with Gasteiger partial charge in [-0.2, -0.15) is 5.10 Å². The summed E-state index contributed by atoms with van der Waals surface area (Å²) in [6.45, 7) is 11.3. The van der Waals surface area contributed by atoms with Gasteiger partial charge in [-0.3, -0.25) is 14.6 Å². The first-order valence-electron chi connectivity index (χ1n) is 13.5. The van der Waals surface area contributed by atoms with Crippen LogP contribution < -0.4 is 4.74 Å². The number of aromatic nitrogens is 3. The minimum atomic E-state index is -0.599. The highest BCUT2D eigenvalue weighted by Crippen LogP contribution is 2.37. The van der Waals surface area contributed by atoms with Gasteiger partial charge in [-0.1, -0.05) is 23.2 Å². The van der Waals surface area contributed by atoms with E-state index in [-0.39, 0.29) is 17.2 Å². The summed E-state index contributed by atoms with van der Waals surface area (Å²) in [6.07, 6.45) is 6.34. The molecule has 11 heteroatoms. The number of benzene rings is 1. The van der Waals surface area contributed by atoms with Crippen molar-refractivity contribution in [1.82, 2.24) is 24.6 Å². The molecule has 3 aromatic rings. The van der Waals surface area contributed by atoms with E-state index in [1.807, 2.05) is 50.1 Å². The number of hydrogen-bond acceptors (Lipinski definition) is 6. The maximum atomic E-state index is 14.2. The Morgan fingerprint density at radius 2 is 1.85 bits per heavy atom. The van der Waals surface area contributed by atoms with E-state index >= 15 is 0 Å². The zero-order chi connectivity index (χ0) is 28.6. The number of carbonyl (C=O) groups is 1. The fraction of sp³-hybridized carbons (Fsp3) is 0.483. The third-order valence-electron chi connectivity index (χ3n) is 7.06. The number of halogens is 3. The number of amides is 1. The summed E-state index contributed by atoms with van der Waals surface area (Å²) in [4.78, 5) is 21.1. The highest BCUT2D eigenvalue weighted by atomic mass is 35.5. The first-order chi connectivity index (χ1) is 19.0. The highest BCUT2D eigenvalue weighted by molar-refractivity contribution is 6.36. The van der Waals surface area contributed by atoms with Gasteiger partial charge in [0.05, 0.1) is 23.0 Å². The molecule has 5 rings (SSSR count). The predicted molar refractivity (Wildman–Crippen MR) is 152 cm³/mol. The van der Waals surface area contributed by atoms with Crippen molar-refractivity contribution in [2.45, 2.75) is 64.8 Å². The molecule has 214 valence electrons. The molecule has 1 atom stereocenters. The maximum absolute atomic E-state index is 14.2. The van der Waals surface area contributed by atoms with Crippen LogP contribution in [0.4, 0.5) is 9.18 Å². The topological polar surface area (TPSA) is 72.5 Å². The molecule has 0 radical (unpaired) electrons. The largest absolute Gasteiger partial charge is 0.484 e. The summed E-state index contributed by atoms with van der Waals surface area (Å²) in [5, 5.41) is 4.92. The van der Waals surface area contributed by atoms with E-state index in [1.54, 1.807) is 11.8 Å². The second kappa shape index (κ2) is 11.5. The van der Waals surface area contributed by atoms with Crippen molar-refractivity contribution in [2.24, 2.45) is 0 Å². The zero-order valence-corrected chi connectivity index (χ0v) is 24.7. The van der Waals surface area contributed by atoms with Gasteiger partial charge in [-0.25, -0.2) is 9.18 Å². The number of carbonyl (C=O) groups excluding carboxylic acids is 1.